The van der Waals surface area contributed by atoms with E-state index in [1.807, 2.05) is 25.2 Å². The van der Waals surface area contributed by atoms with E-state index in [0.717, 1.165) is 5.76 Å². The molecule has 0 amide bonds. The molecule has 0 bridgehead atoms. The fourth-order valence-electron chi connectivity index (χ4n) is 1.01. The number of methoxy groups -OCH3 is 1. The number of rotatable bonds is 1. The molecule has 0 radical (unpaired) electrons. The zero-order chi connectivity index (χ0) is 8.27. The number of ether oxygens (including phenoxy) is 1. The summed E-state index contributed by atoms with van der Waals surface area (Å²) in [6, 6.07) is 0. The van der Waals surface area contributed by atoms with Crippen LogP contribution in [0.1, 0.15) is 13.3 Å². The molecule has 0 spiro atoms. The molecule has 0 N–H and O–H groups in total. The number of Topliss-reactive ketones (excluding diaryl/α,β-unsaturated/α-hetero) is 1. The van der Waals surface area contributed by atoms with E-state index in [-0.39, 0.29) is 11.7 Å². The summed E-state index contributed by atoms with van der Waals surface area (Å²) in [7, 11) is 1.61. The third-order valence-corrected chi connectivity index (χ3v) is 1.76. The molecule has 1 unspecified atom stereocenters. The Balaban J connectivity index is 2.79. The van der Waals surface area contributed by atoms with Crippen molar-refractivity contribution in [3.05, 3.63) is 24.0 Å². The summed E-state index contributed by atoms with van der Waals surface area (Å²) in [6.45, 7) is 1.88. The number of ketones is 1. The maximum atomic E-state index is 11.1. The van der Waals surface area contributed by atoms with Gasteiger partial charge < -0.3 is 4.74 Å². The number of hydrogen-bond acceptors (Lipinski definition) is 2. The van der Waals surface area contributed by atoms with Crippen LogP contribution in [0.5, 0.6) is 0 Å². The summed E-state index contributed by atoms with van der Waals surface area (Å²) < 4.78 is 5.01. The Hall–Kier alpha value is -1.05. The first kappa shape index (κ1) is 8.05. The van der Waals surface area contributed by atoms with Crippen LogP contribution in [0.15, 0.2) is 24.0 Å². The second kappa shape index (κ2) is 3.37. The fourth-order valence-corrected chi connectivity index (χ4v) is 1.01. The van der Waals surface area contributed by atoms with Crippen LogP contribution >= 0.6 is 0 Å². The first-order chi connectivity index (χ1) is 5.24. The van der Waals surface area contributed by atoms with Crippen molar-refractivity contribution in [1.29, 1.82) is 0 Å². The van der Waals surface area contributed by atoms with Gasteiger partial charge in [-0.05, 0) is 12.2 Å². The summed E-state index contributed by atoms with van der Waals surface area (Å²) in [5, 5.41) is 0. The highest BCUT2D eigenvalue weighted by Gasteiger charge is 2.11. The van der Waals surface area contributed by atoms with Crippen molar-refractivity contribution in [2.45, 2.75) is 13.3 Å². The van der Waals surface area contributed by atoms with E-state index in [2.05, 4.69) is 0 Å². The smallest absolute Gasteiger partial charge is 0.143 e. The third kappa shape index (κ3) is 1.93. The Morgan fingerprint density at radius 2 is 2.36 bits per heavy atom. The largest absolute Gasteiger partial charge is 0.497 e. The minimum Gasteiger partial charge on any atom is -0.497 e. The van der Waals surface area contributed by atoms with E-state index < -0.39 is 0 Å². The van der Waals surface area contributed by atoms with Gasteiger partial charge in [-0.15, -0.1) is 0 Å². The number of allylic oxidation sites excluding steroid dienone is 3. The van der Waals surface area contributed by atoms with Crippen molar-refractivity contribution in [2.75, 3.05) is 7.11 Å². The van der Waals surface area contributed by atoms with Gasteiger partial charge in [-0.25, -0.2) is 0 Å². The lowest BCUT2D eigenvalue weighted by Crippen LogP contribution is -2.05. The lowest BCUT2D eigenvalue weighted by atomic mass is 10.1. The molecule has 0 aliphatic heterocycles. The molecule has 0 aromatic carbocycles. The second-order valence-corrected chi connectivity index (χ2v) is 2.63. The van der Waals surface area contributed by atoms with Gasteiger partial charge in [-0.1, -0.05) is 13.0 Å². The van der Waals surface area contributed by atoms with Crippen molar-refractivity contribution < 1.29 is 9.53 Å². The summed E-state index contributed by atoms with van der Waals surface area (Å²) in [5.41, 5.74) is 0. The van der Waals surface area contributed by atoms with Crippen LogP contribution in [0, 0.1) is 5.92 Å². The van der Waals surface area contributed by atoms with Crippen LogP contribution in [0.3, 0.4) is 0 Å². The van der Waals surface area contributed by atoms with E-state index in [9.17, 15) is 4.79 Å². The Labute approximate surface area is 66.5 Å². The predicted molar refractivity (Wildman–Crippen MR) is 43.0 cm³/mol. The van der Waals surface area contributed by atoms with E-state index in [4.69, 9.17) is 4.74 Å². The summed E-state index contributed by atoms with van der Waals surface area (Å²) in [5.74, 6) is 1.01. The normalized spacial score (nSPS) is 24.4. The van der Waals surface area contributed by atoms with Crippen molar-refractivity contribution in [3.63, 3.8) is 0 Å². The van der Waals surface area contributed by atoms with Gasteiger partial charge in [0.2, 0.25) is 0 Å². The first-order valence-corrected chi connectivity index (χ1v) is 3.69. The molecule has 60 valence electrons. The van der Waals surface area contributed by atoms with Gasteiger partial charge in [0, 0.05) is 12.3 Å². The molecule has 0 saturated carbocycles. The zero-order valence-corrected chi connectivity index (χ0v) is 6.83. The third-order valence-electron chi connectivity index (χ3n) is 1.76. The number of carbonyl (C=O) groups is 1. The van der Waals surface area contributed by atoms with Gasteiger partial charge in [-0.3, -0.25) is 4.79 Å². The maximum absolute atomic E-state index is 11.1. The van der Waals surface area contributed by atoms with Crippen LogP contribution in [-0.4, -0.2) is 12.9 Å². The van der Waals surface area contributed by atoms with E-state index in [1.54, 1.807) is 7.11 Å². The van der Waals surface area contributed by atoms with Crippen LogP contribution < -0.4 is 0 Å². The first-order valence-electron chi connectivity index (χ1n) is 3.69. The Morgan fingerprint density at radius 3 is 3.00 bits per heavy atom. The minimum absolute atomic E-state index is 0.0139. The van der Waals surface area contributed by atoms with Gasteiger partial charge in [-0.2, -0.15) is 0 Å². The topological polar surface area (TPSA) is 26.3 Å². The molecule has 0 saturated heterocycles. The molecule has 1 rings (SSSR count). The zero-order valence-electron chi connectivity index (χ0n) is 6.83. The summed E-state index contributed by atoms with van der Waals surface area (Å²) in [6.07, 6.45) is 6.03. The summed E-state index contributed by atoms with van der Waals surface area (Å²) >= 11 is 0. The van der Waals surface area contributed by atoms with Crippen molar-refractivity contribution in [1.82, 2.24) is 0 Å². The molecule has 0 aromatic rings. The molecular weight excluding hydrogens is 140 g/mol. The van der Waals surface area contributed by atoms with E-state index >= 15 is 0 Å². The minimum atomic E-state index is -0.0139. The molecule has 1 atom stereocenters. The SMILES string of the molecule is COC1=CC(C)C(=O)CC=C1. The average Bonchev–Trinajstić information content (AvgIpc) is 2.15. The molecule has 11 heavy (non-hydrogen) atoms. The monoisotopic (exact) mass is 152 g/mol. The number of hydrogen-bond donors (Lipinski definition) is 0. The predicted octanol–water partition coefficient (Wildman–Crippen LogP) is 1.68. The van der Waals surface area contributed by atoms with Crippen LogP contribution in [0.2, 0.25) is 0 Å². The molecule has 0 heterocycles. The lowest BCUT2D eigenvalue weighted by molar-refractivity contribution is -0.120. The molecule has 0 aromatic heterocycles. The Morgan fingerprint density at radius 1 is 1.64 bits per heavy atom. The molecule has 1 aliphatic carbocycles. The van der Waals surface area contributed by atoms with Crippen molar-refractivity contribution >= 4 is 5.78 Å². The Bertz CT molecular complexity index is 214. The van der Waals surface area contributed by atoms with Gasteiger partial charge in [0.25, 0.3) is 0 Å². The molecular formula is C9H12O2. The van der Waals surface area contributed by atoms with Gasteiger partial charge >= 0.3 is 0 Å². The average molecular weight is 152 g/mol. The van der Waals surface area contributed by atoms with Crippen LogP contribution in [-0.2, 0) is 9.53 Å². The van der Waals surface area contributed by atoms with E-state index in [0.29, 0.717) is 6.42 Å². The highest BCUT2D eigenvalue weighted by molar-refractivity contribution is 5.84. The molecule has 0 fully saturated rings. The lowest BCUT2D eigenvalue weighted by Gasteiger charge is -2.01. The number of carbonyl (C=O) groups excluding carboxylic acids is 1. The van der Waals surface area contributed by atoms with Gasteiger partial charge in [0.05, 0.1) is 7.11 Å². The van der Waals surface area contributed by atoms with Crippen molar-refractivity contribution in [2.24, 2.45) is 5.92 Å². The highest BCUT2D eigenvalue weighted by atomic mass is 16.5. The fraction of sp³-hybridized carbons (Fsp3) is 0.444. The highest BCUT2D eigenvalue weighted by Crippen LogP contribution is 2.13. The standard InChI is InChI=1S/C9H12O2/c1-7-6-8(11-2)4-3-5-9(7)10/h3-4,6-7H,5H2,1-2H3. The summed E-state index contributed by atoms with van der Waals surface area (Å²) in [4.78, 5) is 11.1. The molecule has 2 nitrogen and oxygen atoms in total. The van der Waals surface area contributed by atoms with Crippen LogP contribution in [0.25, 0.3) is 0 Å². The van der Waals surface area contributed by atoms with Gasteiger partial charge in [0.15, 0.2) is 0 Å². The van der Waals surface area contributed by atoms with Crippen molar-refractivity contribution in [3.8, 4) is 0 Å². The quantitative estimate of drug-likeness (QED) is 0.571. The van der Waals surface area contributed by atoms with Crippen LogP contribution in [0.4, 0.5) is 0 Å². The van der Waals surface area contributed by atoms with Gasteiger partial charge in [0.1, 0.15) is 11.5 Å². The molecule has 2 heteroatoms. The molecule has 1 aliphatic rings. The maximum Gasteiger partial charge on any atom is 0.143 e. The Kier molecular flexibility index (Phi) is 2.47. The van der Waals surface area contributed by atoms with E-state index in [1.165, 1.54) is 0 Å². The second-order valence-electron chi connectivity index (χ2n) is 2.63.